The molecular formula is C9H21N3O. The summed E-state index contributed by atoms with van der Waals surface area (Å²) in [6, 6.07) is 0. The number of nitrogens with one attached hydrogen (secondary N) is 2. The van der Waals surface area contributed by atoms with Crippen molar-refractivity contribution in [3.05, 3.63) is 0 Å². The number of nitrogens with zero attached hydrogens (tertiary/aromatic N) is 1. The number of carbonyl (C=O) groups excluding carboxylic acids is 1. The molecule has 0 aliphatic carbocycles. The van der Waals surface area contributed by atoms with Crippen LogP contribution < -0.4 is 10.6 Å². The van der Waals surface area contributed by atoms with E-state index in [1.165, 1.54) is 0 Å². The van der Waals surface area contributed by atoms with Crippen molar-refractivity contribution >= 4 is 5.91 Å². The summed E-state index contributed by atoms with van der Waals surface area (Å²) in [6.45, 7) is 5.89. The predicted molar refractivity (Wildman–Crippen MR) is 54.7 cm³/mol. The fraction of sp³-hybridized carbons (Fsp3) is 0.889. The molecule has 1 amide bonds. The van der Waals surface area contributed by atoms with Crippen LogP contribution in [0.15, 0.2) is 0 Å². The molecule has 4 nitrogen and oxygen atoms in total. The Morgan fingerprint density at radius 3 is 2.62 bits per heavy atom. The Morgan fingerprint density at radius 1 is 1.38 bits per heavy atom. The van der Waals surface area contributed by atoms with Crippen LogP contribution in [0.1, 0.15) is 13.3 Å². The van der Waals surface area contributed by atoms with Crippen molar-refractivity contribution in [1.29, 1.82) is 0 Å². The van der Waals surface area contributed by atoms with Crippen LogP contribution in [-0.4, -0.2) is 51.1 Å². The lowest BCUT2D eigenvalue weighted by atomic mass is 10.3. The lowest BCUT2D eigenvalue weighted by molar-refractivity contribution is -0.120. The summed E-state index contributed by atoms with van der Waals surface area (Å²) in [6.07, 6.45) is 0.582. The van der Waals surface area contributed by atoms with Crippen molar-refractivity contribution in [3.8, 4) is 0 Å². The van der Waals surface area contributed by atoms with Gasteiger partial charge in [-0.25, -0.2) is 0 Å². The average molecular weight is 187 g/mol. The van der Waals surface area contributed by atoms with Gasteiger partial charge in [0.05, 0.1) is 0 Å². The maximum absolute atomic E-state index is 10.9. The molecule has 0 atom stereocenters. The highest BCUT2D eigenvalue weighted by Gasteiger charge is 2.01. The Bertz CT molecular complexity index is 139. The maximum atomic E-state index is 10.9. The highest BCUT2D eigenvalue weighted by molar-refractivity contribution is 5.75. The van der Waals surface area contributed by atoms with Crippen molar-refractivity contribution < 1.29 is 4.79 Å². The summed E-state index contributed by atoms with van der Waals surface area (Å²) in [4.78, 5) is 13.0. The van der Waals surface area contributed by atoms with Crippen LogP contribution in [0.2, 0.25) is 0 Å². The number of likely N-dealkylation sites (N-methyl/N-ethyl adjacent to an activating group) is 2. The molecule has 0 saturated heterocycles. The minimum absolute atomic E-state index is 0.107. The Labute approximate surface area is 80.7 Å². The van der Waals surface area contributed by atoms with Crippen LogP contribution in [0.3, 0.4) is 0 Å². The Hall–Kier alpha value is -0.610. The van der Waals surface area contributed by atoms with Gasteiger partial charge in [0.1, 0.15) is 0 Å². The standard InChI is InChI=1S/C9H21N3O/c1-4-11-6-8-12(3)7-5-9(13)10-2/h11H,4-8H2,1-3H3,(H,10,13). The van der Waals surface area contributed by atoms with Crippen LogP contribution in [0.25, 0.3) is 0 Å². The Balaban J connectivity index is 3.29. The van der Waals surface area contributed by atoms with E-state index in [4.69, 9.17) is 0 Å². The summed E-state index contributed by atoms with van der Waals surface area (Å²) >= 11 is 0. The zero-order valence-electron chi connectivity index (χ0n) is 8.89. The van der Waals surface area contributed by atoms with Crippen molar-refractivity contribution in [1.82, 2.24) is 15.5 Å². The van der Waals surface area contributed by atoms with Gasteiger partial charge in [0.25, 0.3) is 0 Å². The maximum Gasteiger partial charge on any atom is 0.221 e. The molecule has 0 heterocycles. The molecule has 0 rings (SSSR count). The predicted octanol–water partition coefficient (Wildman–Crippen LogP) is -0.336. The monoisotopic (exact) mass is 187 g/mol. The van der Waals surface area contributed by atoms with E-state index in [0.29, 0.717) is 6.42 Å². The van der Waals surface area contributed by atoms with Gasteiger partial charge in [-0.1, -0.05) is 6.92 Å². The lowest BCUT2D eigenvalue weighted by Gasteiger charge is -2.15. The summed E-state index contributed by atoms with van der Waals surface area (Å²) in [5.41, 5.74) is 0. The van der Waals surface area contributed by atoms with Crippen molar-refractivity contribution in [2.75, 3.05) is 40.3 Å². The van der Waals surface area contributed by atoms with E-state index < -0.39 is 0 Å². The fourth-order valence-corrected chi connectivity index (χ4v) is 0.976. The molecule has 0 spiro atoms. The largest absolute Gasteiger partial charge is 0.359 e. The number of amides is 1. The van der Waals surface area contributed by atoms with Crippen molar-refractivity contribution in [2.24, 2.45) is 0 Å². The first kappa shape index (κ1) is 12.4. The summed E-state index contributed by atoms with van der Waals surface area (Å²) in [7, 11) is 3.70. The summed E-state index contributed by atoms with van der Waals surface area (Å²) < 4.78 is 0. The van der Waals surface area contributed by atoms with Gasteiger partial charge in [-0.3, -0.25) is 4.79 Å². The molecule has 0 aromatic rings. The normalized spacial score (nSPS) is 10.5. The molecule has 0 aliphatic heterocycles. The molecule has 0 fully saturated rings. The van der Waals surface area contributed by atoms with E-state index in [1.54, 1.807) is 7.05 Å². The number of carbonyl (C=O) groups is 1. The number of hydrogen-bond donors (Lipinski definition) is 2. The van der Waals surface area contributed by atoms with Gasteiger partial charge in [0.2, 0.25) is 5.91 Å². The third-order valence-electron chi connectivity index (χ3n) is 1.92. The topological polar surface area (TPSA) is 44.4 Å². The SMILES string of the molecule is CCNCCN(C)CCC(=O)NC. The second-order valence-electron chi connectivity index (χ2n) is 3.08. The third kappa shape index (κ3) is 7.74. The number of rotatable bonds is 7. The molecule has 78 valence electrons. The van der Waals surface area contributed by atoms with Crippen molar-refractivity contribution in [3.63, 3.8) is 0 Å². The summed E-state index contributed by atoms with van der Waals surface area (Å²) in [5, 5.41) is 5.84. The van der Waals surface area contributed by atoms with Gasteiger partial charge < -0.3 is 15.5 Å². The van der Waals surface area contributed by atoms with Crippen LogP contribution in [-0.2, 0) is 4.79 Å². The van der Waals surface area contributed by atoms with E-state index in [2.05, 4.69) is 22.5 Å². The highest BCUT2D eigenvalue weighted by Crippen LogP contribution is 1.85. The Kier molecular flexibility index (Phi) is 7.63. The fourth-order valence-electron chi connectivity index (χ4n) is 0.976. The zero-order chi connectivity index (χ0) is 10.1. The first-order valence-electron chi connectivity index (χ1n) is 4.80. The second-order valence-corrected chi connectivity index (χ2v) is 3.08. The molecule has 0 aliphatic rings. The van der Waals surface area contributed by atoms with Gasteiger partial charge in [-0.05, 0) is 13.6 Å². The first-order chi connectivity index (χ1) is 6.20. The number of hydrogen-bond acceptors (Lipinski definition) is 3. The molecule has 0 bridgehead atoms. The van der Waals surface area contributed by atoms with Crippen molar-refractivity contribution in [2.45, 2.75) is 13.3 Å². The highest BCUT2D eigenvalue weighted by atomic mass is 16.1. The quantitative estimate of drug-likeness (QED) is 0.536. The van der Waals surface area contributed by atoms with Crippen LogP contribution in [0.4, 0.5) is 0 Å². The van der Waals surface area contributed by atoms with Crippen LogP contribution in [0.5, 0.6) is 0 Å². The van der Waals surface area contributed by atoms with Gasteiger partial charge in [0.15, 0.2) is 0 Å². The average Bonchev–Trinajstić information content (AvgIpc) is 2.14. The molecule has 0 unspecified atom stereocenters. The smallest absolute Gasteiger partial charge is 0.221 e. The molecule has 4 heteroatoms. The molecule has 0 aromatic carbocycles. The molecular weight excluding hydrogens is 166 g/mol. The molecule has 0 radical (unpaired) electrons. The third-order valence-corrected chi connectivity index (χ3v) is 1.92. The summed E-state index contributed by atoms with van der Waals surface area (Å²) in [5.74, 6) is 0.107. The van der Waals surface area contributed by atoms with Gasteiger partial charge >= 0.3 is 0 Å². The van der Waals surface area contributed by atoms with E-state index in [-0.39, 0.29) is 5.91 Å². The zero-order valence-corrected chi connectivity index (χ0v) is 8.89. The van der Waals surface area contributed by atoms with Gasteiger partial charge in [0, 0.05) is 33.1 Å². The van der Waals surface area contributed by atoms with Gasteiger partial charge in [-0.15, -0.1) is 0 Å². The van der Waals surface area contributed by atoms with Gasteiger partial charge in [-0.2, -0.15) is 0 Å². The second kappa shape index (κ2) is 8.01. The molecule has 0 saturated carbocycles. The van der Waals surface area contributed by atoms with Crippen LogP contribution in [0, 0.1) is 0 Å². The minimum Gasteiger partial charge on any atom is -0.359 e. The van der Waals surface area contributed by atoms with E-state index in [9.17, 15) is 4.79 Å². The minimum atomic E-state index is 0.107. The van der Waals surface area contributed by atoms with Crippen LogP contribution >= 0.6 is 0 Å². The molecule has 13 heavy (non-hydrogen) atoms. The van der Waals surface area contributed by atoms with E-state index in [1.807, 2.05) is 7.05 Å². The Morgan fingerprint density at radius 2 is 2.08 bits per heavy atom. The molecule has 0 aromatic heterocycles. The van der Waals surface area contributed by atoms with E-state index in [0.717, 1.165) is 26.2 Å². The first-order valence-corrected chi connectivity index (χ1v) is 4.80. The molecule has 2 N–H and O–H groups in total. The van der Waals surface area contributed by atoms with E-state index >= 15 is 0 Å². The lowest BCUT2D eigenvalue weighted by Crippen LogP contribution is -2.32.